The summed E-state index contributed by atoms with van der Waals surface area (Å²) < 4.78 is 140. The fourth-order valence-electron chi connectivity index (χ4n) is 5.62. The van der Waals surface area contributed by atoms with Crippen LogP contribution in [-0.2, 0) is 39.2 Å². The van der Waals surface area contributed by atoms with E-state index in [1.807, 2.05) is 0 Å². The SMILES string of the molecule is CCOC(=O)CCCOc1cnc([C@H]2C[C@@](N)(CC)N(C(=O)OCC)c3ccc(C(F)(F)F)nc32)nc1Cc1cc(C(F)(F)F)cc(C(F)(F)F)c1. The molecule has 0 bridgehead atoms. The summed E-state index contributed by atoms with van der Waals surface area (Å²) in [5, 5.41) is 0. The molecule has 1 aliphatic rings. The molecule has 3 aromatic rings. The van der Waals surface area contributed by atoms with E-state index in [0.717, 1.165) is 17.2 Å². The molecule has 19 heteroatoms. The van der Waals surface area contributed by atoms with Gasteiger partial charge in [-0.25, -0.2) is 19.7 Å². The lowest BCUT2D eigenvalue weighted by atomic mass is 9.83. The van der Waals surface area contributed by atoms with E-state index >= 15 is 0 Å². The summed E-state index contributed by atoms with van der Waals surface area (Å²) in [7, 11) is 0. The number of rotatable bonds is 11. The summed E-state index contributed by atoms with van der Waals surface area (Å²) in [6, 6.07) is 2.62. The standard InChI is InChI=1S/C33H34F9N5O5/c1-4-30(43)16-21(27-23(47(30)29(49)51-6-3)9-10-25(46-27)33(40,41)42)28-44-17-24(52-11-7-8-26(48)50-5-2)22(45-28)14-18-12-19(31(34,35)36)15-20(13-18)32(37,38)39/h9-10,12-13,15,17,21H,4-8,11,14,16,43H2,1-3H3/t21-,30+/m0/s1. The molecular weight excluding hydrogens is 717 g/mol. The molecule has 1 aromatic carbocycles. The summed E-state index contributed by atoms with van der Waals surface area (Å²) in [4.78, 5) is 38.3. The normalized spacial score (nSPS) is 17.8. The third kappa shape index (κ3) is 9.21. The van der Waals surface area contributed by atoms with Crippen molar-refractivity contribution in [3.05, 3.63) is 76.1 Å². The molecule has 0 fully saturated rings. The number of amides is 1. The van der Waals surface area contributed by atoms with Crippen molar-refractivity contribution in [2.24, 2.45) is 5.73 Å². The Morgan fingerprint density at radius 1 is 0.904 bits per heavy atom. The molecule has 0 saturated carbocycles. The molecule has 0 radical (unpaired) electrons. The van der Waals surface area contributed by atoms with E-state index in [4.69, 9.17) is 19.9 Å². The number of carbonyl (C=O) groups is 2. The summed E-state index contributed by atoms with van der Waals surface area (Å²) >= 11 is 0. The van der Waals surface area contributed by atoms with Gasteiger partial charge < -0.3 is 19.9 Å². The van der Waals surface area contributed by atoms with E-state index in [2.05, 4.69) is 15.0 Å². The smallest absolute Gasteiger partial charge is 0.433 e. The zero-order valence-corrected chi connectivity index (χ0v) is 28.0. The van der Waals surface area contributed by atoms with Crippen LogP contribution in [0.25, 0.3) is 0 Å². The number of aromatic nitrogens is 3. The number of carbonyl (C=O) groups excluding carboxylic acids is 2. The van der Waals surface area contributed by atoms with Crippen LogP contribution in [0.15, 0.2) is 36.5 Å². The van der Waals surface area contributed by atoms with E-state index < -0.39 is 71.0 Å². The minimum Gasteiger partial charge on any atom is -0.490 e. The van der Waals surface area contributed by atoms with Crippen LogP contribution in [-0.4, -0.2) is 52.5 Å². The fourth-order valence-corrected chi connectivity index (χ4v) is 5.62. The average molecular weight is 752 g/mol. The van der Waals surface area contributed by atoms with E-state index in [0.29, 0.717) is 18.2 Å². The topological polar surface area (TPSA) is 130 Å². The van der Waals surface area contributed by atoms with Crippen LogP contribution in [0.1, 0.15) is 92.0 Å². The second-order valence-electron chi connectivity index (χ2n) is 11.7. The number of hydrogen-bond acceptors (Lipinski definition) is 9. The molecule has 1 amide bonds. The van der Waals surface area contributed by atoms with Crippen LogP contribution in [0, 0.1) is 0 Å². The Morgan fingerprint density at radius 2 is 1.54 bits per heavy atom. The van der Waals surface area contributed by atoms with Crippen LogP contribution in [0.5, 0.6) is 5.75 Å². The molecule has 0 spiro atoms. The monoisotopic (exact) mass is 751 g/mol. The Morgan fingerprint density at radius 3 is 2.10 bits per heavy atom. The minimum absolute atomic E-state index is 0.0363. The van der Waals surface area contributed by atoms with Gasteiger partial charge in [-0.05, 0) is 69.0 Å². The van der Waals surface area contributed by atoms with Gasteiger partial charge in [0.25, 0.3) is 0 Å². The van der Waals surface area contributed by atoms with Gasteiger partial charge in [-0.15, -0.1) is 0 Å². The zero-order valence-electron chi connectivity index (χ0n) is 28.0. The molecule has 2 atom stereocenters. The van der Waals surface area contributed by atoms with Crippen LogP contribution >= 0.6 is 0 Å². The van der Waals surface area contributed by atoms with Crippen molar-refractivity contribution in [1.29, 1.82) is 0 Å². The number of benzene rings is 1. The molecule has 52 heavy (non-hydrogen) atoms. The molecule has 2 N–H and O–H groups in total. The molecule has 284 valence electrons. The quantitative estimate of drug-likeness (QED) is 0.119. The number of pyridine rings is 1. The lowest BCUT2D eigenvalue weighted by Gasteiger charge is -2.46. The van der Waals surface area contributed by atoms with Crippen LogP contribution in [0.3, 0.4) is 0 Å². The molecular formula is C33H34F9N5O5. The maximum absolute atomic E-state index is 13.9. The largest absolute Gasteiger partial charge is 0.490 e. The number of halogens is 9. The van der Waals surface area contributed by atoms with Crippen LogP contribution in [0.2, 0.25) is 0 Å². The van der Waals surface area contributed by atoms with Gasteiger partial charge in [0.1, 0.15) is 17.2 Å². The number of alkyl halides is 9. The third-order valence-electron chi connectivity index (χ3n) is 8.10. The van der Waals surface area contributed by atoms with Gasteiger partial charge in [0, 0.05) is 12.8 Å². The van der Waals surface area contributed by atoms with E-state index in [-0.39, 0.29) is 80.2 Å². The zero-order chi connectivity index (χ0) is 38.6. The highest BCUT2D eigenvalue weighted by atomic mass is 19.4. The molecule has 4 rings (SSSR count). The van der Waals surface area contributed by atoms with Crippen molar-refractivity contribution < 1.29 is 63.3 Å². The molecule has 2 aromatic heterocycles. The van der Waals surface area contributed by atoms with Crippen LogP contribution < -0.4 is 15.4 Å². The Kier molecular flexibility index (Phi) is 12.0. The number of fused-ring (bicyclic) bond motifs is 1. The molecule has 10 nitrogen and oxygen atoms in total. The van der Waals surface area contributed by atoms with Crippen molar-refractivity contribution in [3.63, 3.8) is 0 Å². The number of anilines is 1. The number of hydrogen-bond donors (Lipinski definition) is 1. The van der Waals surface area contributed by atoms with Crippen molar-refractivity contribution in [2.75, 3.05) is 24.7 Å². The summed E-state index contributed by atoms with van der Waals surface area (Å²) in [5.74, 6) is -2.25. The first kappa shape index (κ1) is 40.1. The van der Waals surface area contributed by atoms with Crippen LogP contribution in [0.4, 0.5) is 50.0 Å². The number of esters is 1. The Balaban J connectivity index is 1.88. The fraction of sp³-hybridized carbons (Fsp3) is 0.485. The maximum Gasteiger partial charge on any atom is 0.433 e. The summed E-state index contributed by atoms with van der Waals surface area (Å²) in [6.07, 6.45) is -16.1. The predicted molar refractivity (Wildman–Crippen MR) is 165 cm³/mol. The van der Waals surface area contributed by atoms with Crippen molar-refractivity contribution in [3.8, 4) is 5.75 Å². The van der Waals surface area contributed by atoms with Gasteiger partial charge in [-0.3, -0.25) is 9.69 Å². The number of nitrogens with zero attached hydrogens (tertiary/aromatic N) is 4. The lowest BCUT2D eigenvalue weighted by Crippen LogP contribution is -2.62. The second-order valence-corrected chi connectivity index (χ2v) is 11.7. The summed E-state index contributed by atoms with van der Waals surface area (Å²) in [6.45, 7) is 4.57. The Hall–Kier alpha value is -4.68. The minimum atomic E-state index is -5.15. The number of nitrogens with two attached hydrogens (primary N) is 1. The maximum atomic E-state index is 13.9. The van der Waals surface area contributed by atoms with Crippen molar-refractivity contribution >= 4 is 17.7 Å². The molecule has 0 saturated heterocycles. The van der Waals surface area contributed by atoms with Gasteiger partial charge in [-0.1, -0.05) is 6.92 Å². The molecule has 3 heterocycles. The van der Waals surface area contributed by atoms with Gasteiger partial charge in [0.15, 0.2) is 5.75 Å². The Bertz CT molecular complexity index is 1740. The van der Waals surface area contributed by atoms with Crippen molar-refractivity contribution in [2.45, 2.75) is 83.0 Å². The second kappa shape index (κ2) is 15.5. The highest BCUT2D eigenvalue weighted by molar-refractivity contribution is 5.91. The molecule has 0 unspecified atom stereocenters. The van der Waals surface area contributed by atoms with E-state index in [1.165, 1.54) is 6.92 Å². The number of ether oxygens (including phenoxy) is 3. The lowest BCUT2D eigenvalue weighted by molar-refractivity contribution is -0.144. The predicted octanol–water partition coefficient (Wildman–Crippen LogP) is 7.80. The first-order valence-electron chi connectivity index (χ1n) is 16.0. The van der Waals surface area contributed by atoms with E-state index in [9.17, 15) is 49.1 Å². The summed E-state index contributed by atoms with van der Waals surface area (Å²) in [5.41, 5.74) is -0.585. The first-order chi connectivity index (χ1) is 24.2. The highest BCUT2D eigenvalue weighted by Crippen LogP contribution is 2.46. The van der Waals surface area contributed by atoms with Gasteiger partial charge in [-0.2, -0.15) is 39.5 Å². The van der Waals surface area contributed by atoms with Crippen molar-refractivity contribution in [1.82, 2.24) is 15.0 Å². The van der Waals surface area contributed by atoms with Gasteiger partial charge in [0.05, 0.1) is 60.1 Å². The van der Waals surface area contributed by atoms with E-state index in [1.54, 1.807) is 13.8 Å². The highest BCUT2D eigenvalue weighted by Gasteiger charge is 2.48. The Labute approximate surface area is 291 Å². The molecule has 1 aliphatic heterocycles. The van der Waals surface area contributed by atoms with Gasteiger partial charge in [0.2, 0.25) is 0 Å². The average Bonchev–Trinajstić information content (AvgIpc) is 3.05. The molecule has 0 aliphatic carbocycles. The van der Waals surface area contributed by atoms with Gasteiger partial charge >= 0.3 is 30.6 Å². The third-order valence-corrected chi connectivity index (χ3v) is 8.10. The first-order valence-corrected chi connectivity index (χ1v) is 16.0.